The van der Waals surface area contributed by atoms with Crippen molar-refractivity contribution in [3.8, 4) is 61.3 Å². The Kier molecular flexibility index (Phi) is 18.3. The summed E-state index contributed by atoms with van der Waals surface area (Å²) in [6, 6.07) is 116. The van der Waals surface area contributed by atoms with E-state index in [1.807, 2.05) is 6.07 Å². The van der Waals surface area contributed by atoms with Crippen LogP contribution in [0.2, 0.25) is 0 Å². The number of fused-ring (bicyclic) bond motifs is 7. The highest BCUT2D eigenvalue weighted by Crippen LogP contribution is 2.48. The van der Waals surface area contributed by atoms with Crippen molar-refractivity contribution in [1.29, 1.82) is 0 Å². The van der Waals surface area contributed by atoms with Crippen LogP contribution in [0, 0.1) is 0 Å². The molecule has 2 aliphatic heterocycles. The van der Waals surface area contributed by atoms with Crippen molar-refractivity contribution < 1.29 is 6.85 Å². The number of anilines is 6. The Morgan fingerprint density at radius 1 is 0.325 bits per heavy atom. The first-order valence-electron chi connectivity index (χ1n) is 44.3. The highest BCUT2D eigenvalue weighted by Gasteiger charge is 2.44. The first kappa shape index (κ1) is 70.0. The fourth-order valence-electron chi connectivity index (χ4n) is 18.1. The zero-order valence-electron chi connectivity index (χ0n) is 74.6. The van der Waals surface area contributed by atoms with Gasteiger partial charge in [-0.05, 0) is 236 Å². The third kappa shape index (κ3) is 14.9. The number of nitrogens with zero attached hydrogens (tertiary/aromatic N) is 4. The lowest BCUT2D eigenvalue weighted by Crippen LogP contribution is -2.62. The van der Waals surface area contributed by atoms with Crippen LogP contribution in [0.3, 0.4) is 0 Å². The van der Waals surface area contributed by atoms with Crippen LogP contribution < -0.4 is 31.1 Å². The molecular weight excluding hydrogens is 1410 g/mol. The molecule has 5 heteroatoms. The second-order valence-electron chi connectivity index (χ2n) is 36.4. The van der Waals surface area contributed by atoms with Crippen molar-refractivity contribution >= 4 is 79.0 Å². The Bertz CT molecular complexity index is 6440. The second-order valence-corrected chi connectivity index (χ2v) is 36.4. The smallest absolute Gasteiger partial charge is 0.252 e. The molecule has 1 aromatic heterocycles. The van der Waals surface area contributed by atoms with Crippen molar-refractivity contribution in [2.45, 2.75) is 131 Å². The molecule has 0 saturated heterocycles. The molecule has 0 N–H and O–H groups in total. The summed E-state index contributed by atoms with van der Waals surface area (Å²) in [4.78, 5) is 7.74. The van der Waals surface area contributed by atoms with Gasteiger partial charge in [-0.2, -0.15) is 0 Å². The van der Waals surface area contributed by atoms with E-state index in [4.69, 9.17) is 1.37 Å². The number of benzene rings is 15. The molecule has 0 amide bonds. The molecule has 4 nitrogen and oxygen atoms in total. The molecule has 15 aromatic carbocycles. The summed E-state index contributed by atoms with van der Waals surface area (Å²) in [6.07, 6.45) is 1.94. The summed E-state index contributed by atoms with van der Waals surface area (Å²) in [7, 11) is 0. The highest BCUT2D eigenvalue weighted by molar-refractivity contribution is 7.00. The predicted octanol–water partition coefficient (Wildman–Crippen LogP) is 27.1. The topological polar surface area (TPSA) is 14.7 Å². The van der Waals surface area contributed by atoms with Gasteiger partial charge in [0.2, 0.25) is 0 Å². The van der Waals surface area contributed by atoms with Crippen LogP contribution in [-0.4, -0.2) is 24.4 Å². The van der Waals surface area contributed by atoms with E-state index < -0.39 is 6.04 Å². The summed E-state index contributed by atoms with van der Waals surface area (Å²) in [5, 5.41) is 2.44. The number of para-hydroxylation sites is 3. The zero-order chi connectivity index (χ0) is 84.8. The molecule has 16 aromatic rings. The summed E-state index contributed by atoms with van der Waals surface area (Å²) in [5.74, 6) is 0. The molecular formula is C112H105BN4. The Morgan fingerprint density at radius 3 is 1.24 bits per heavy atom. The van der Waals surface area contributed by atoms with Crippen LogP contribution in [0.1, 0.15) is 140 Å². The average Bonchev–Trinajstić information content (AvgIpc) is 0.750. The highest BCUT2D eigenvalue weighted by atomic mass is 15.2. The molecule has 3 heterocycles. The normalized spacial score (nSPS) is 13.4. The van der Waals surface area contributed by atoms with Gasteiger partial charge in [0.05, 0.1) is 17.9 Å². The maximum atomic E-state index is 9.67. The zero-order valence-corrected chi connectivity index (χ0v) is 69.6. The summed E-state index contributed by atoms with van der Waals surface area (Å²) < 4.78 is 49.0. The third-order valence-electron chi connectivity index (χ3n) is 24.5. The first-order chi connectivity index (χ1) is 58.6. The second kappa shape index (κ2) is 30.6. The molecule has 0 bridgehead atoms. The van der Waals surface area contributed by atoms with Crippen LogP contribution in [0.15, 0.2) is 346 Å². The van der Waals surface area contributed by atoms with E-state index in [-0.39, 0.29) is 58.1 Å². The van der Waals surface area contributed by atoms with Gasteiger partial charge < -0.3 is 19.3 Å². The maximum Gasteiger partial charge on any atom is 0.252 e. The molecule has 0 atom stereocenters. The van der Waals surface area contributed by atoms with Gasteiger partial charge in [0.25, 0.3) is 6.71 Å². The van der Waals surface area contributed by atoms with Gasteiger partial charge in [0.1, 0.15) is 0 Å². The van der Waals surface area contributed by atoms with Gasteiger partial charge in [0, 0.05) is 70.2 Å². The van der Waals surface area contributed by atoms with E-state index in [2.05, 4.69) is 412 Å². The number of rotatable bonds is 18. The Morgan fingerprint density at radius 2 is 0.744 bits per heavy atom. The summed E-state index contributed by atoms with van der Waals surface area (Å²) >= 11 is 0. The molecule has 0 aliphatic carbocycles. The van der Waals surface area contributed by atoms with E-state index >= 15 is 0 Å². The lowest BCUT2D eigenvalue weighted by molar-refractivity contribution is 0.567. The van der Waals surface area contributed by atoms with Crippen molar-refractivity contribution in [1.82, 2.24) is 4.57 Å². The quantitative estimate of drug-likeness (QED) is 0.0796. The van der Waals surface area contributed by atoms with E-state index in [0.717, 1.165) is 89.6 Å². The van der Waals surface area contributed by atoms with Crippen LogP contribution in [0.4, 0.5) is 34.1 Å². The van der Waals surface area contributed by atoms with E-state index in [9.17, 15) is 5.48 Å². The standard InChI is InChI=1S/C112H105BN4/c1-109(2,3)85-64-78(65-86(70-85)110(4,5)6)63-76-51-57-100-104(66-76)116(75-99-97(82-41-25-16-26-42-82)73-88(112(10,11)12)74-98(99)83-43-27-17-28-44-83)107-68-77(59-61-114(89-45-29-18-30-46-89)90-53-55-91(56-54-90)117-102-49-33-31-47-93(102)94-48-32-34-50-103(94)117)67-106-108(107)113(100)101-58-52-84(79-35-19-13-20-36-79)69-105(101)115(106)62-60-92-95(80-37-21-14-22-38-80)71-87(111(7,8)9)72-96(92)81-39-23-15-24-40-81/h13-58,64-74H,59-63,75H2,1-12H3/i13D,19D,20D,35D,36D. The molecule has 117 heavy (non-hydrogen) atoms. The molecule has 0 radical (unpaired) electrons. The first-order valence-corrected chi connectivity index (χ1v) is 41.8. The lowest BCUT2D eigenvalue weighted by atomic mass is 9.33. The average molecular weight is 1520 g/mol. The van der Waals surface area contributed by atoms with E-state index in [1.54, 1.807) is 0 Å². The van der Waals surface area contributed by atoms with E-state index in [1.165, 1.54) is 83.0 Å². The van der Waals surface area contributed by atoms with Crippen molar-refractivity contribution in [3.05, 3.63) is 396 Å². The maximum absolute atomic E-state index is 9.67. The molecule has 0 spiro atoms. The van der Waals surface area contributed by atoms with Crippen molar-refractivity contribution in [3.63, 3.8) is 0 Å². The van der Waals surface area contributed by atoms with Gasteiger partial charge in [-0.1, -0.05) is 356 Å². The molecule has 2 aliphatic rings. The third-order valence-corrected chi connectivity index (χ3v) is 24.5. The van der Waals surface area contributed by atoms with Gasteiger partial charge >= 0.3 is 0 Å². The molecule has 0 unspecified atom stereocenters. The number of aromatic nitrogens is 1. The van der Waals surface area contributed by atoms with Crippen LogP contribution >= 0.6 is 0 Å². The van der Waals surface area contributed by atoms with Crippen LogP contribution in [-0.2, 0) is 47.5 Å². The minimum Gasteiger partial charge on any atom is -0.342 e. The van der Waals surface area contributed by atoms with Gasteiger partial charge in [-0.15, -0.1) is 0 Å². The minimum absolute atomic E-state index is 0.0929. The molecule has 0 fully saturated rings. The monoisotopic (exact) mass is 1520 g/mol. The number of hydrogen-bond acceptors (Lipinski definition) is 3. The fraction of sp³-hybridized carbons (Fsp3) is 0.196. The van der Waals surface area contributed by atoms with Crippen LogP contribution in [0.25, 0.3) is 83.1 Å². The molecule has 18 rings (SSSR count). The minimum atomic E-state index is -0.420. The lowest BCUT2D eigenvalue weighted by Gasteiger charge is -2.45. The Balaban J connectivity index is 0.908. The van der Waals surface area contributed by atoms with Crippen LogP contribution in [0.5, 0.6) is 0 Å². The predicted molar refractivity (Wildman–Crippen MR) is 503 cm³/mol. The number of hydrogen-bond donors (Lipinski definition) is 0. The SMILES string of the molecule is [2H]c1c([2H])c([2H])c(-c2ccc3c(c2)N(CCc2c(-c4ccccc4)cc(C(C)(C)C)cc2-c2ccccc2)c2cc(CCN(c4ccccc4)c4ccc(-n5c6ccccc6c6ccccc65)cc4)cc4c2B3c2ccc(Cc3cc(C(C)(C)C)cc(C(C)(C)C)c3)cc2N4Cc2c(-c3ccccc3)cc(C(C)(C)C)cc2-c2ccccc2)c([2H])c1[2H]. The summed E-state index contributed by atoms with van der Waals surface area (Å²) in [5.41, 5.74) is 33.9. The summed E-state index contributed by atoms with van der Waals surface area (Å²) in [6.45, 7) is 29.1. The van der Waals surface area contributed by atoms with Gasteiger partial charge in [0.15, 0.2) is 0 Å². The molecule has 0 saturated carbocycles. The van der Waals surface area contributed by atoms with Crippen molar-refractivity contribution in [2.75, 3.05) is 27.8 Å². The largest absolute Gasteiger partial charge is 0.342 e. The Labute approximate surface area is 701 Å². The van der Waals surface area contributed by atoms with Gasteiger partial charge in [-0.25, -0.2) is 0 Å². The van der Waals surface area contributed by atoms with Crippen molar-refractivity contribution in [2.24, 2.45) is 0 Å². The Hall–Kier alpha value is -12.4. The van der Waals surface area contributed by atoms with E-state index in [0.29, 0.717) is 44.5 Å². The van der Waals surface area contributed by atoms with Gasteiger partial charge in [-0.3, -0.25) is 0 Å². The fourth-order valence-corrected chi connectivity index (χ4v) is 18.1. The molecule has 576 valence electrons.